The van der Waals surface area contributed by atoms with E-state index in [0.29, 0.717) is 12.8 Å². The van der Waals surface area contributed by atoms with Crippen molar-refractivity contribution in [3.63, 3.8) is 0 Å². The largest absolute Gasteiger partial charge is 0.462 e. The van der Waals surface area contributed by atoms with Crippen molar-refractivity contribution in [2.24, 2.45) is 0 Å². The average Bonchev–Trinajstić information content (AvgIpc) is 3.23. The number of unbranched alkanes of at least 4 members (excludes halogenated alkanes) is 14. The summed E-state index contributed by atoms with van der Waals surface area (Å²) in [4.78, 5) is 25.3. The number of hydrogen-bond donors (Lipinski definition) is 4. The fourth-order valence-electron chi connectivity index (χ4n) is 6.33. The van der Waals surface area contributed by atoms with E-state index in [9.17, 15) is 30.0 Å². The fourth-order valence-corrected chi connectivity index (χ4v) is 6.33. The van der Waals surface area contributed by atoms with Gasteiger partial charge >= 0.3 is 11.9 Å². The van der Waals surface area contributed by atoms with Gasteiger partial charge in [0.15, 0.2) is 12.4 Å². The lowest BCUT2D eigenvalue weighted by Crippen LogP contribution is -2.59. The number of aliphatic hydroxyl groups excluding tert-OH is 4. The molecule has 336 valence electrons. The highest BCUT2D eigenvalue weighted by atomic mass is 16.7. The van der Waals surface area contributed by atoms with Crippen LogP contribution in [0, 0.1) is 0 Å². The molecule has 3 unspecified atom stereocenters. The molecule has 59 heavy (non-hydrogen) atoms. The Morgan fingerprint density at radius 2 is 1.03 bits per heavy atom. The lowest BCUT2D eigenvalue weighted by Gasteiger charge is -2.39. The van der Waals surface area contributed by atoms with Crippen molar-refractivity contribution in [3.05, 3.63) is 85.1 Å². The van der Waals surface area contributed by atoms with Gasteiger partial charge in [0, 0.05) is 12.8 Å². The van der Waals surface area contributed by atoms with Crippen LogP contribution in [0.1, 0.15) is 155 Å². The van der Waals surface area contributed by atoms with Crippen LogP contribution >= 0.6 is 0 Å². The molecule has 1 aliphatic heterocycles. The lowest BCUT2D eigenvalue weighted by atomic mass is 9.99. The Balaban J connectivity index is 2.31. The standard InChI is InChI=1S/C49H80O10/c1-3-5-7-9-11-13-15-17-18-19-20-21-22-23-24-26-27-29-31-33-35-37-44(51)56-40-42(41-57-49-48(55)47(54)46(53)43(39-50)59-49)58-45(52)38-36-34-32-30-28-25-16-14-12-10-8-6-4-2/h5-8,10-14,16-18,25,28,42-43,46-50,53-55H,3-4,9,15,19-24,26-27,29-41H2,1-2H3/b7-5+,8-6+,12-10+,13-11+,16-14+,18-17+,28-25+/t42?,43-,46+,47?,48?,49-/m0/s1. The molecule has 0 saturated carbocycles. The van der Waals surface area contributed by atoms with Gasteiger partial charge in [0.2, 0.25) is 0 Å². The molecule has 10 nitrogen and oxygen atoms in total. The Kier molecular flexibility index (Phi) is 35.7. The SMILES string of the molecule is CC/C=C/C=C/C=C/C=C/CCCCCC(=O)OC(COC(=O)CCCCCCCCCCCCC/C=C/C/C=C/C/C=C/CC)CO[C@H]1O[C@@H](CO)[C@@H](O)C(O)C1O. The monoisotopic (exact) mass is 829 g/mol. The van der Waals surface area contributed by atoms with E-state index in [-0.39, 0.29) is 26.1 Å². The molecule has 0 aromatic rings. The molecule has 0 radical (unpaired) electrons. The fraction of sp³-hybridized carbons (Fsp3) is 0.673. The molecule has 4 N–H and O–H groups in total. The maximum Gasteiger partial charge on any atom is 0.306 e. The van der Waals surface area contributed by atoms with Gasteiger partial charge in [0.25, 0.3) is 0 Å². The third-order valence-corrected chi connectivity index (χ3v) is 9.87. The Hall–Kier alpha value is -3.12. The lowest BCUT2D eigenvalue weighted by molar-refractivity contribution is -0.305. The summed E-state index contributed by atoms with van der Waals surface area (Å²) in [5.41, 5.74) is 0. The van der Waals surface area contributed by atoms with E-state index in [1.807, 2.05) is 36.5 Å². The second-order valence-electron chi connectivity index (χ2n) is 15.2. The van der Waals surface area contributed by atoms with E-state index >= 15 is 0 Å². The molecular formula is C49H80O10. The van der Waals surface area contributed by atoms with Gasteiger partial charge in [-0.05, 0) is 64.2 Å². The minimum absolute atomic E-state index is 0.179. The highest BCUT2D eigenvalue weighted by molar-refractivity contribution is 5.70. The van der Waals surface area contributed by atoms with Gasteiger partial charge in [-0.15, -0.1) is 0 Å². The number of rotatable bonds is 36. The average molecular weight is 829 g/mol. The van der Waals surface area contributed by atoms with Crippen molar-refractivity contribution >= 4 is 11.9 Å². The molecule has 0 spiro atoms. The summed E-state index contributed by atoms with van der Waals surface area (Å²) in [6, 6.07) is 0. The Labute approximate surface area is 356 Å². The van der Waals surface area contributed by atoms with Crippen molar-refractivity contribution in [2.45, 2.75) is 192 Å². The summed E-state index contributed by atoms with van der Waals surface area (Å²) < 4.78 is 22.1. The van der Waals surface area contributed by atoms with Gasteiger partial charge in [0.05, 0.1) is 13.2 Å². The Morgan fingerprint density at radius 3 is 1.64 bits per heavy atom. The molecule has 10 heteroatoms. The van der Waals surface area contributed by atoms with Crippen molar-refractivity contribution in [3.8, 4) is 0 Å². The normalized spacial score (nSPS) is 20.8. The summed E-state index contributed by atoms with van der Waals surface area (Å²) >= 11 is 0. The van der Waals surface area contributed by atoms with Gasteiger partial charge in [-0.25, -0.2) is 0 Å². The van der Waals surface area contributed by atoms with Gasteiger partial charge in [-0.2, -0.15) is 0 Å². The van der Waals surface area contributed by atoms with E-state index < -0.39 is 55.4 Å². The van der Waals surface area contributed by atoms with E-state index in [0.717, 1.165) is 64.2 Å². The van der Waals surface area contributed by atoms with Gasteiger partial charge in [-0.1, -0.05) is 163 Å². The number of hydrogen-bond acceptors (Lipinski definition) is 10. The maximum absolute atomic E-state index is 12.7. The minimum atomic E-state index is -1.61. The molecule has 0 amide bonds. The van der Waals surface area contributed by atoms with Gasteiger partial charge in [0.1, 0.15) is 31.0 Å². The minimum Gasteiger partial charge on any atom is -0.462 e. The number of carbonyl (C=O) groups is 2. The zero-order chi connectivity index (χ0) is 43.0. The Bertz CT molecular complexity index is 1230. The molecule has 0 aliphatic carbocycles. The number of allylic oxidation sites excluding steroid dienone is 14. The number of ether oxygens (including phenoxy) is 4. The quantitative estimate of drug-likeness (QED) is 0.0208. The number of carbonyl (C=O) groups excluding carboxylic acids is 2. The predicted molar refractivity (Wildman–Crippen MR) is 237 cm³/mol. The molecule has 0 aromatic heterocycles. The highest BCUT2D eigenvalue weighted by Gasteiger charge is 2.44. The summed E-state index contributed by atoms with van der Waals surface area (Å²) in [6.45, 7) is 3.11. The van der Waals surface area contributed by atoms with Crippen LogP contribution in [-0.4, -0.2) is 89.0 Å². The van der Waals surface area contributed by atoms with Crippen LogP contribution in [-0.2, 0) is 28.5 Å². The van der Waals surface area contributed by atoms with Crippen molar-refractivity contribution in [2.75, 3.05) is 19.8 Å². The highest BCUT2D eigenvalue weighted by Crippen LogP contribution is 2.22. The zero-order valence-electron chi connectivity index (χ0n) is 36.5. The summed E-state index contributed by atoms with van der Waals surface area (Å²) in [5.74, 6) is -0.863. The second kappa shape index (κ2) is 39.0. The molecule has 1 aliphatic rings. The van der Waals surface area contributed by atoms with Crippen LogP contribution in [0.5, 0.6) is 0 Å². The maximum atomic E-state index is 12.7. The van der Waals surface area contributed by atoms with Crippen LogP contribution in [0.25, 0.3) is 0 Å². The molecule has 1 fully saturated rings. The molecule has 0 bridgehead atoms. The summed E-state index contributed by atoms with van der Waals surface area (Å²) in [5, 5.41) is 40.1. The zero-order valence-corrected chi connectivity index (χ0v) is 36.5. The second-order valence-corrected chi connectivity index (χ2v) is 15.2. The smallest absolute Gasteiger partial charge is 0.306 e. The molecule has 6 atom stereocenters. The Morgan fingerprint density at radius 1 is 0.542 bits per heavy atom. The molecule has 0 aromatic carbocycles. The predicted octanol–water partition coefficient (Wildman–Crippen LogP) is 9.77. The van der Waals surface area contributed by atoms with Crippen LogP contribution in [0.3, 0.4) is 0 Å². The first-order chi connectivity index (χ1) is 28.8. The van der Waals surface area contributed by atoms with Crippen LogP contribution in [0.4, 0.5) is 0 Å². The van der Waals surface area contributed by atoms with Crippen LogP contribution in [0.15, 0.2) is 85.1 Å². The van der Waals surface area contributed by atoms with Crippen molar-refractivity contribution < 1.29 is 49.0 Å². The molecule has 1 rings (SSSR count). The third kappa shape index (κ3) is 30.5. The first-order valence-corrected chi connectivity index (χ1v) is 22.7. The molecule has 1 saturated heterocycles. The van der Waals surface area contributed by atoms with E-state index in [2.05, 4.69) is 62.5 Å². The van der Waals surface area contributed by atoms with Crippen molar-refractivity contribution in [1.82, 2.24) is 0 Å². The van der Waals surface area contributed by atoms with Gasteiger partial charge in [-0.3, -0.25) is 9.59 Å². The van der Waals surface area contributed by atoms with E-state index in [1.54, 1.807) is 0 Å². The van der Waals surface area contributed by atoms with E-state index in [1.165, 1.54) is 51.4 Å². The summed E-state index contributed by atoms with van der Waals surface area (Å²) in [7, 11) is 0. The van der Waals surface area contributed by atoms with E-state index in [4.69, 9.17) is 18.9 Å². The van der Waals surface area contributed by atoms with Gasteiger partial charge < -0.3 is 39.4 Å². The van der Waals surface area contributed by atoms with Crippen molar-refractivity contribution in [1.29, 1.82) is 0 Å². The molecule has 1 heterocycles. The third-order valence-electron chi connectivity index (χ3n) is 9.87. The van der Waals surface area contributed by atoms with Crippen LogP contribution in [0.2, 0.25) is 0 Å². The number of esters is 2. The van der Waals surface area contributed by atoms with Crippen LogP contribution < -0.4 is 0 Å². The molecular weight excluding hydrogens is 749 g/mol. The first kappa shape index (κ1) is 53.9. The summed E-state index contributed by atoms with van der Waals surface area (Å²) in [6.07, 6.45) is 43.1. The topological polar surface area (TPSA) is 152 Å². The number of aliphatic hydroxyl groups is 4. The first-order valence-electron chi connectivity index (χ1n) is 22.7.